The van der Waals surface area contributed by atoms with Crippen molar-refractivity contribution in [2.75, 3.05) is 5.32 Å². The van der Waals surface area contributed by atoms with E-state index in [1.165, 1.54) is 0 Å². The van der Waals surface area contributed by atoms with Crippen molar-refractivity contribution < 1.29 is 9.53 Å². The summed E-state index contributed by atoms with van der Waals surface area (Å²) in [6, 6.07) is 0.554. The summed E-state index contributed by atoms with van der Waals surface area (Å²) in [6.07, 6.45) is 6.45. The van der Waals surface area contributed by atoms with Gasteiger partial charge < -0.3 is 15.4 Å². The molecule has 0 bridgehead atoms. The van der Waals surface area contributed by atoms with Gasteiger partial charge in [-0.25, -0.2) is 4.79 Å². The van der Waals surface area contributed by atoms with Crippen LogP contribution in [0.3, 0.4) is 0 Å². The zero-order valence-corrected chi connectivity index (χ0v) is 13.3. The number of nitrogens with one attached hydrogen (secondary N) is 2. The summed E-state index contributed by atoms with van der Waals surface area (Å²) in [5.74, 6) is 0. The fourth-order valence-electron chi connectivity index (χ4n) is 2.56. The van der Waals surface area contributed by atoms with Crippen LogP contribution in [0.2, 0.25) is 0 Å². The van der Waals surface area contributed by atoms with E-state index in [0.717, 1.165) is 31.5 Å². The van der Waals surface area contributed by atoms with Gasteiger partial charge in [-0.2, -0.15) is 5.10 Å². The van der Waals surface area contributed by atoms with Gasteiger partial charge in [-0.1, -0.05) is 0 Å². The highest BCUT2D eigenvalue weighted by Crippen LogP contribution is 2.23. The van der Waals surface area contributed by atoms with Crippen LogP contribution in [0.25, 0.3) is 0 Å². The lowest BCUT2D eigenvalue weighted by Crippen LogP contribution is -2.38. The van der Waals surface area contributed by atoms with Crippen LogP contribution in [0.5, 0.6) is 0 Å². The number of alkyl carbamates (subject to hydrolysis) is 1. The van der Waals surface area contributed by atoms with Gasteiger partial charge in [0.1, 0.15) is 5.60 Å². The first-order valence-corrected chi connectivity index (χ1v) is 7.64. The minimum absolute atomic E-state index is 0.179. The molecule has 1 aliphatic rings. The molecule has 6 nitrogen and oxygen atoms in total. The van der Waals surface area contributed by atoms with Crippen molar-refractivity contribution in [1.82, 2.24) is 15.1 Å². The topological polar surface area (TPSA) is 68.2 Å². The highest BCUT2D eigenvalue weighted by Gasteiger charge is 2.27. The SMILES string of the molecule is CCn1cc(NC2CCC(NC(=O)OC(C)(C)C)C2)cn1. The van der Waals surface area contributed by atoms with E-state index in [1.54, 1.807) is 0 Å². The first-order chi connectivity index (χ1) is 9.85. The van der Waals surface area contributed by atoms with E-state index in [9.17, 15) is 4.79 Å². The smallest absolute Gasteiger partial charge is 0.407 e. The van der Waals surface area contributed by atoms with Gasteiger partial charge in [0.2, 0.25) is 0 Å². The summed E-state index contributed by atoms with van der Waals surface area (Å²) < 4.78 is 7.18. The largest absolute Gasteiger partial charge is 0.444 e. The number of hydrogen-bond donors (Lipinski definition) is 2. The quantitative estimate of drug-likeness (QED) is 0.896. The van der Waals surface area contributed by atoms with E-state index in [-0.39, 0.29) is 12.1 Å². The number of carbonyl (C=O) groups excluding carboxylic acids is 1. The Hall–Kier alpha value is -1.72. The molecule has 2 atom stereocenters. The molecule has 1 fully saturated rings. The average molecular weight is 294 g/mol. The molecule has 2 rings (SSSR count). The first-order valence-electron chi connectivity index (χ1n) is 7.64. The molecular formula is C15H26N4O2. The third-order valence-corrected chi connectivity index (χ3v) is 3.48. The van der Waals surface area contributed by atoms with Gasteiger partial charge in [-0.3, -0.25) is 4.68 Å². The van der Waals surface area contributed by atoms with Crippen LogP contribution in [-0.4, -0.2) is 33.6 Å². The molecule has 0 aliphatic heterocycles. The predicted molar refractivity (Wildman–Crippen MR) is 82.3 cm³/mol. The third-order valence-electron chi connectivity index (χ3n) is 3.48. The predicted octanol–water partition coefficient (Wildman–Crippen LogP) is 2.76. The number of aryl methyl sites for hydroxylation is 1. The van der Waals surface area contributed by atoms with Crippen molar-refractivity contribution in [3.63, 3.8) is 0 Å². The van der Waals surface area contributed by atoms with E-state index in [1.807, 2.05) is 37.8 Å². The second kappa shape index (κ2) is 6.37. The fraction of sp³-hybridized carbons (Fsp3) is 0.733. The molecule has 1 heterocycles. The van der Waals surface area contributed by atoms with Crippen LogP contribution >= 0.6 is 0 Å². The second-order valence-corrected chi connectivity index (χ2v) is 6.58. The zero-order chi connectivity index (χ0) is 15.5. The molecule has 118 valence electrons. The number of nitrogens with zero attached hydrogens (tertiary/aromatic N) is 2. The van der Waals surface area contributed by atoms with Crippen molar-refractivity contribution in [1.29, 1.82) is 0 Å². The Morgan fingerprint density at radius 2 is 2.14 bits per heavy atom. The molecule has 0 spiro atoms. The Kier molecular flexibility index (Phi) is 4.75. The molecule has 1 amide bonds. The van der Waals surface area contributed by atoms with E-state index in [2.05, 4.69) is 22.7 Å². The van der Waals surface area contributed by atoms with Crippen LogP contribution in [0.4, 0.5) is 10.5 Å². The maximum absolute atomic E-state index is 11.8. The number of aromatic nitrogens is 2. The molecule has 2 N–H and O–H groups in total. The Balaban J connectivity index is 1.77. The number of anilines is 1. The molecule has 6 heteroatoms. The lowest BCUT2D eigenvalue weighted by Gasteiger charge is -2.21. The van der Waals surface area contributed by atoms with Gasteiger partial charge in [0, 0.05) is 24.8 Å². The molecule has 0 radical (unpaired) electrons. The average Bonchev–Trinajstić information content (AvgIpc) is 2.97. The molecular weight excluding hydrogens is 268 g/mol. The molecule has 0 saturated heterocycles. The van der Waals surface area contributed by atoms with E-state index in [0.29, 0.717) is 6.04 Å². The van der Waals surface area contributed by atoms with Crippen molar-refractivity contribution >= 4 is 11.8 Å². The monoisotopic (exact) mass is 294 g/mol. The number of amides is 1. The highest BCUT2D eigenvalue weighted by atomic mass is 16.6. The number of hydrogen-bond acceptors (Lipinski definition) is 4. The normalized spacial score (nSPS) is 22.1. The van der Waals surface area contributed by atoms with Gasteiger partial charge in [-0.15, -0.1) is 0 Å². The minimum atomic E-state index is -0.449. The molecule has 1 aliphatic carbocycles. The van der Waals surface area contributed by atoms with E-state index in [4.69, 9.17) is 4.74 Å². The molecule has 1 saturated carbocycles. The number of ether oxygens (including phenoxy) is 1. The van der Waals surface area contributed by atoms with Crippen molar-refractivity contribution in [3.05, 3.63) is 12.4 Å². The lowest BCUT2D eigenvalue weighted by molar-refractivity contribution is 0.0505. The van der Waals surface area contributed by atoms with Crippen LogP contribution < -0.4 is 10.6 Å². The molecule has 0 aromatic carbocycles. The van der Waals surface area contributed by atoms with Gasteiger partial charge in [0.25, 0.3) is 0 Å². The maximum atomic E-state index is 11.8. The molecule has 1 aromatic rings. The second-order valence-electron chi connectivity index (χ2n) is 6.58. The number of rotatable bonds is 4. The Morgan fingerprint density at radius 3 is 2.76 bits per heavy atom. The third kappa shape index (κ3) is 4.95. The van der Waals surface area contributed by atoms with Gasteiger partial charge >= 0.3 is 6.09 Å². The van der Waals surface area contributed by atoms with Crippen LogP contribution in [0, 0.1) is 0 Å². The maximum Gasteiger partial charge on any atom is 0.407 e. The summed E-state index contributed by atoms with van der Waals surface area (Å²) in [4.78, 5) is 11.8. The van der Waals surface area contributed by atoms with Gasteiger partial charge in [0.05, 0.1) is 11.9 Å². The summed E-state index contributed by atoms with van der Waals surface area (Å²) in [5.41, 5.74) is 0.592. The summed E-state index contributed by atoms with van der Waals surface area (Å²) in [6.45, 7) is 8.55. The minimum Gasteiger partial charge on any atom is -0.444 e. The summed E-state index contributed by atoms with van der Waals surface area (Å²) in [5, 5.41) is 10.7. The van der Waals surface area contributed by atoms with Crippen molar-refractivity contribution in [3.8, 4) is 0 Å². The van der Waals surface area contributed by atoms with E-state index >= 15 is 0 Å². The lowest BCUT2D eigenvalue weighted by atomic mass is 10.2. The van der Waals surface area contributed by atoms with Gasteiger partial charge in [-0.05, 0) is 47.0 Å². The highest BCUT2D eigenvalue weighted by molar-refractivity contribution is 5.68. The van der Waals surface area contributed by atoms with E-state index < -0.39 is 5.60 Å². The van der Waals surface area contributed by atoms with Crippen molar-refractivity contribution in [2.24, 2.45) is 0 Å². The Morgan fingerprint density at radius 1 is 1.43 bits per heavy atom. The van der Waals surface area contributed by atoms with Gasteiger partial charge in [0.15, 0.2) is 0 Å². The van der Waals surface area contributed by atoms with Crippen molar-refractivity contribution in [2.45, 2.75) is 71.2 Å². The zero-order valence-electron chi connectivity index (χ0n) is 13.3. The summed E-state index contributed by atoms with van der Waals surface area (Å²) >= 11 is 0. The fourth-order valence-corrected chi connectivity index (χ4v) is 2.56. The Labute approximate surface area is 126 Å². The number of carbonyl (C=O) groups is 1. The van der Waals surface area contributed by atoms with Crippen LogP contribution in [0.15, 0.2) is 12.4 Å². The van der Waals surface area contributed by atoms with Crippen LogP contribution in [-0.2, 0) is 11.3 Å². The molecule has 2 unspecified atom stereocenters. The summed E-state index contributed by atoms with van der Waals surface area (Å²) in [7, 11) is 0. The van der Waals surface area contributed by atoms with Crippen LogP contribution in [0.1, 0.15) is 47.0 Å². The first kappa shape index (κ1) is 15.7. The molecule has 1 aromatic heterocycles. The standard InChI is InChI=1S/C15H26N4O2/c1-5-19-10-13(9-16-19)17-11-6-7-12(8-11)18-14(20)21-15(2,3)4/h9-12,17H,5-8H2,1-4H3,(H,18,20). The molecule has 21 heavy (non-hydrogen) atoms. The Bertz CT molecular complexity index is 478.